The second-order valence-electron chi connectivity index (χ2n) is 7.86. The molecule has 3 rings (SSSR count). The molecule has 2 amide bonds. The Hall–Kier alpha value is -2.53. The van der Waals surface area contributed by atoms with Gasteiger partial charge in [0.15, 0.2) is 0 Å². The standard InChI is InChI=1S/C22H25ClFN3O5S/c1-33(30,31)26-22(29)17-4-2-3-15(9-17)11-21(28)25-12-18-14-27(7-8-32-18)13-16-5-6-20(24)19(23)10-16/h2-6,9-10,18H,7-8,11-14H2,1H3,(H,25,28)(H,26,29)/t18-/m0/s1. The Morgan fingerprint density at radius 2 is 2.00 bits per heavy atom. The number of nitrogens with zero attached hydrogens (tertiary/aromatic N) is 1. The van der Waals surface area contributed by atoms with Crippen molar-refractivity contribution in [3.05, 3.63) is 70.0 Å². The molecule has 2 aromatic carbocycles. The molecule has 0 spiro atoms. The van der Waals surface area contributed by atoms with Crippen LogP contribution >= 0.6 is 11.6 Å². The average Bonchev–Trinajstić information content (AvgIpc) is 2.74. The van der Waals surface area contributed by atoms with E-state index < -0.39 is 21.7 Å². The zero-order chi connectivity index (χ0) is 24.0. The van der Waals surface area contributed by atoms with E-state index in [1.165, 1.54) is 18.2 Å². The molecule has 0 aliphatic carbocycles. The van der Waals surface area contributed by atoms with Gasteiger partial charge in [-0.1, -0.05) is 29.8 Å². The number of rotatable bonds is 8. The molecule has 1 aliphatic rings. The first-order chi connectivity index (χ1) is 15.6. The Labute approximate surface area is 197 Å². The molecular formula is C22H25ClFN3O5S. The van der Waals surface area contributed by atoms with Gasteiger partial charge >= 0.3 is 0 Å². The average molecular weight is 498 g/mol. The predicted molar refractivity (Wildman–Crippen MR) is 122 cm³/mol. The zero-order valence-corrected chi connectivity index (χ0v) is 19.6. The van der Waals surface area contributed by atoms with Crippen molar-refractivity contribution in [1.82, 2.24) is 14.9 Å². The first kappa shape index (κ1) is 25.1. The number of halogens is 2. The van der Waals surface area contributed by atoms with Gasteiger partial charge in [-0.25, -0.2) is 17.5 Å². The highest BCUT2D eigenvalue weighted by molar-refractivity contribution is 7.89. The lowest BCUT2D eigenvalue weighted by atomic mass is 10.1. The summed E-state index contributed by atoms with van der Waals surface area (Å²) in [6, 6.07) is 10.9. The molecule has 1 heterocycles. The molecule has 0 radical (unpaired) electrons. The summed E-state index contributed by atoms with van der Waals surface area (Å²) in [6.07, 6.45) is 0.723. The molecule has 1 saturated heterocycles. The fraction of sp³-hybridized carbons (Fsp3) is 0.364. The lowest BCUT2D eigenvalue weighted by molar-refractivity contribution is -0.121. The van der Waals surface area contributed by atoms with Gasteiger partial charge < -0.3 is 10.1 Å². The molecule has 2 N–H and O–H groups in total. The van der Waals surface area contributed by atoms with Crippen molar-refractivity contribution >= 4 is 33.4 Å². The third kappa shape index (κ3) is 8.08. The van der Waals surface area contributed by atoms with Crippen LogP contribution in [-0.4, -0.2) is 63.7 Å². The molecule has 1 fully saturated rings. The molecule has 11 heteroatoms. The summed E-state index contributed by atoms with van der Waals surface area (Å²) in [7, 11) is -3.68. The number of amides is 2. The van der Waals surface area contributed by atoms with E-state index in [4.69, 9.17) is 16.3 Å². The van der Waals surface area contributed by atoms with E-state index in [-0.39, 0.29) is 29.0 Å². The molecule has 33 heavy (non-hydrogen) atoms. The Morgan fingerprint density at radius 1 is 1.21 bits per heavy atom. The maximum Gasteiger partial charge on any atom is 0.264 e. The SMILES string of the molecule is CS(=O)(=O)NC(=O)c1cccc(CC(=O)NC[C@H]2CN(Cc3ccc(F)c(Cl)c3)CCO2)c1. The van der Waals surface area contributed by atoms with Crippen LogP contribution in [0.1, 0.15) is 21.5 Å². The van der Waals surface area contributed by atoms with Crippen LogP contribution in [0.4, 0.5) is 4.39 Å². The summed E-state index contributed by atoms with van der Waals surface area (Å²) in [5.41, 5.74) is 1.62. The Bertz CT molecular complexity index is 1130. The second kappa shape index (κ2) is 11.1. The number of morpholine rings is 1. The topological polar surface area (TPSA) is 105 Å². The minimum atomic E-state index is -3.68. The summed E-state index contributed by atoms with van der Waals surface area (Å²) in [5, 5.41) is 2.92. The molecular weight excluding hydrogens is 473 g/mol. The first-order valence-electron chi connectivity index (χ1n) is 10.2. The van der Waals surface area contributed by atoms with Gasteiger partial charge in [0, 0.05) is 31.7 Å². The molecule has 1 aliphatic heterocycles. The number of ether oxygens (including phenoxy) is 1. The van der Waals surface area contributed by atoms with Gasteiger partial charge in [0.25, 0.3) is 5.91 Å². The number of benzene rings is 2. The van der Waals surface area contributed by atoms with Crippen LogP contribution in [-0.2, 0) is 32.5 Å². The first-order valence-corrected chi connectivity index (χ1v) is 12.5. The third-order valence-corrected chi connectivity index (χ3v) is 5.82. The minimum absolute atomic E-state index is 0.0322. The Balaban J connectivity index is 1.49. The zero-order valence-electron chi connectivity index (χ0n) is 18.0. The maximum atomic E-state index is 13.3. The normalized spacial score (nSPS) is 16.9. The van der Waals surface area contributed by atoms with Crippen LogP contribution in [0.25, 0.3) is 0 Å². The lowest BCUT2D eigenvalue weighted by Gasteiger charge is -2.33. The molecule has 178 valence electrons. The third-order valence-electron chi connectivity index (χ3n) is 4.97. The van der Waals surface area contributed by atoms with Gasteiger partial charge in [-0.15, -0.1) is 0 Å². The minimum Gasteiger partial charge on any atom is -0.374 e. The van der Waals surface area contributed by atoms with E-state index in [1.807, 2.05) is 4.72 Å². The number of carbonyl (C=O) groups excluding carboxylic acids is 2. The van der Waals surface area contributed by atoms with Crippen LogP contribution in [0, 0.1) is 5.82 Å². The van der Waals surface area contributed by atoms with Crippen molar-refractivity contribution in [1.29, 1.82) is 0 Å². The number of hydrogen-bond acceptors (Lipinski definition) is 6. The van der Waals surface area contributed by atoms with Gasteiger partial charge in [0.2, 0.25) is 15.9 Å². The van der Waals surface area contributed by atoms with Crippen LogP contribution in [0.15, 0.2) is 42.5 Å². The molecule has 0 saturated carbocycles. The van der Waals surface area contributed by atoms with Crippen molar-refractivity contribution in [3.63, 3.8) is 0 Å². The molecule has 2 aromatic rings. The van der Waals surface area contributed by atoms with Crippen LogP contribution in [0.5, 0.6) is 0 Å². The highest BCUT2D eigenvalue weighted by atomic mass is 35.5. The Morgan fingerprint density at radius 3 is 2.73 bits per heavy atom. The Kier molecular flexibility index (Phi) is 8.41. The van der Waals surface area contributed by atoms with Crippen LogP contribution < -0.4 is 10.0 Å². The number of carbonyl (C=O) groups is 2. The van der Waals surface area contributed by atoms with Crippen molar-refractivity contribution in [3.8, 4) is 0 Å². The number of hydrogen-bond donors (Lipinski definition) is 2. The molecule has 0 bridgehead atoms. The molecule has 8 nitrogen and oxygen atoms in total. The fourth-order valence-corrected chi connectivity index (χ4v) is 4.13. The van der Waals surface area contributed by atoms with Crippen LogP contribution in [0.3, 0.4) is 0 Å². The largest absolute Gasteiger partial charge is 0.374 e. The van der Waals surface area contributed by atoms with Crippen LogP contribution in [0.2, 0.25) is 5.02 Å². The van der Waals surface area contributed by atoms with Crippen molar-refractivity contribution in [2.24, 2.45) is 0 Å². The molecule has 0 aromatic heterocycles. The van der Waals surface area contributed by atoms with E-state index in [0.717, 1.165) is 11.8 Å². The van der Waals surface area contributed by atoms with E-state index in [0.29, 0.717) is 38.3 Å². The lowest BCUT2D eigenvalue weighted by Crippen LogP contribution is -2.47. The molecule has 0 unspecified atom stereocenters. The summed E-state index contributed by atoms with van der Waals surface area (Å²) in [5.74, 6) is -1.45. The monoisotopic (exact) mass is 497 g/mol. The number of nitrogens with one attached hydrogen (secondary N) is 2. The van der Waals surface area contributed by atoms with Crippen molar-refractivity contribution in [2.75, 3.05) is 32.5 Å². The summed E-state index contributed by atoms with van der Waals surface area (Å²) >= 11 is 5.85. The highest BCUT2D eigenvalue weighted by Crippen LogP contribution is 2.18. The van der Waals surface area contributed by atoms with Gasteiger partial charge in [0.1, 0.15) is 5.82 Å². The van der Waals surface area contributed by atoms with Gasteiger partial charge in [-0.05, 0) is 35.4 Å². The summed E-state index contributed by atoms with van der Waals surface area (Å²) in [4.78, 5) is 26.5. The quantitative estimate of drug-likeness (QED) is 0.575. The summed E-state index contributed by atoms with van der Waals surface area (Å²) < 4.78 is 43.4. The van der Waals surface area contributed by atoms with Crippen molar-refractivity contribution < 1.29 is 27.1 Å². The second-order valence-corrected chi connectivity index (χ2v) is 10.0. The molecule has 1 atom stereocenters. The van der Waals surface area contributed by atoms with E-state index in [2.05, 4.69) is 10.2 Å². The summed E-state index contributed by atoms with van der Waals surface area (Å²) in [6.45, 7) is 2.72. The van der Waals surface area contributed by atoms with E-state index >= 15 is 0 Å². The van der Waals surface area contributed by atoms with Gasteiger partial charge in [-0.3, -0.25) is 14.5 Å². The van der Waals surface area contributed by atoms with E-state index in [1.54, 1.807) is 24.3 Å². The predicted octanol–water partition coefficient (Wildman–Crippen LogP) is 1.73. The maximum absolute atomic E-state index is 13.3. The number of sulfonamides is 1. The highest BCUT2D eigenvalue weighted by Gasteiger charge is 2.21. The van der Waals surface area contributed by atoms with Gasteiger partial charge in [0.05, 0.1) is 30.4 Å². The smallest absolute Gasteiger partial charge is 0.264 e. The van der Waals surface area contributed by atoms with Gasteiger partial charge in [-0.2, -0.15) is 0 Å². The van der Waals surface area contributed by atoms with Crippen molar-refractivity contribution in [2.45, 2.75) is 19.1 Å². The fourth-order valence-electron chi connectivity index (χ4n) is 3.47. The van der Waals surface area contributed by atoms with E-state index in [9.17, 15) is 22.4 Å².